The van der Waals surface area contributed by atoms with Gasteiger partial charge in [0, 0.05) is 18.8 Å². The van der Waals surface area contributed by atoms with Crippen LogP contribution >= 0.6 is 0 Å². The normalized spacial score (nSPS) is 12.0. The van der Waals surface area contributed by atoms with Crippen molar-refractivity contribution >= 4 is 5.97 Å². The van der Waals surface area contributed by atoms with Crippen LogP contribution in [0.5, 0.6) is 5.75 Å². The molecule has 4 nitrogen and oxygen atoms in total. The van der Waals surface area contributed by atoms with Crippen LogP contribution in [0.25, 0.3) is 0 Å². The Balaban J connectivity index is 2.36. The Morgan fingerprint density at radius 2 is 1.81 bits per heavy atom. The maximum Gasteiger partial charge on any atom is 0.416 e. The van der Waals surface area contributed by atoms with Gasteiger partial charge in [0.15, 0.2) is 0 Å². The number of methoxy groups -OCH3 is 1. The van der Waals surface area contributed by atoms with E-state index >= 15 is 0 Å². The minimum atomic E-state index is -4.45. The second-order valence-electron chi connectivity index (χ2n) is 6.74. The predicted octanol–water partition coefficient (Wildman–Crippen LogP) is 4.66. The molecule has 0 bridgehead atoms. The van der Waals surface area contributed by atoms with Crippen molar-refractivity contribution in [2.45, 2.75) is 39.0 Å². The SMILES string of the molecule is COc1cc(C(F)(F)F)ccc1Cc1ccncc1C(=O)OC(C)(C)C. The van der Waals surface area contributed by atoms with Crippen LogP contribution in [0.4, 0.5) is 13.2 Å². The molecule has 7 heteroatoms. The maximum atomic E-state index is 12.9. The van der Waals surface area contributed by atoms with Crippen LogP contribution in [0.3, 0.4) is 0 Å². The van der Waals surface area contributed by atoms with Gasteiger partial charge in [0.05, 0.1) is 18.2 Å². The van der Waals surface area contributed by atoms with E-state index in [-0.39, 0.29) is 17.7 Å². The number of benzene rings is 1. The number of hydrogen-bond donors (Lipinski definition) is 0. The first-order valence-electron chi connectivity index (χ1n) is 7.91. The van der Waals surface area contributed by atoms with E-state index in [0.29, 0.717) is 11.1 Å². The lowest BCUT2D eigenvalue weighted by molar-refractivity contribution is -0.137. The monoisotopic (exact) mass is 367 g/mol. The van der Waals surface area contributed by atoms with Crippen molar-refractivity contribution in [2.24, 2.45) is 0 Å². The van der Waals surface area contributed by atoms with Crippen molar-refractivity contribution in [3.63, 3.8) is 0 Å². The third-order valence-corrected chi connectivity index (χ3v) is 3.53. The fourth-order valence-electron chi connectivity index (χ4n) is 2.37. The number of esters is 1. The van der Waals surface area contributed by atoms with Gasteiger partial charge in [-0.15, -0.1) is 0 Å². The summed E-state index contributed by atoms with van der Waals surface area (Å²) in [6.07, 6.45) is -1.34. The molecule has 0 atom stereocenters. The molecule has 0 saturated heterocycles. The number of hydrogen-bond acceptors (Lipinski definition) is 4. The number of ether oxygens (including phenoxy) is 2. The average Bonchev–Trinajstić information content (AvgIpc) is 2.53. The standard InChI is InChI=1S/C19H20F3NO3/c1-18(2,3)26-17(24)15-11-23-8-7-12(15)9-13-5-6-14(19(20,21)22)10-16(13)25-4/h5-8,10-11H,9H2,1-4H3. The van der Waals surface area contributed by atoms with Crippen LogP contribution < -0.4 is 4.74 Å². The maximum absolute atomic E-state index is 12.9. The lowest BCUT2D eigenvalue weighted by Gasteiger charge is -2.20. The molecule has 0 N–H and O–H groups in total. The highest BCUT2D eigenvalue weighted by Crippen LogP contribution is 2.34. The Labute approximate surface area is 150 Å². The number of alkyl halides is 3. The molecule has 2 aromatic rings. The molecule has 0 amide bonds. The molecular weight excluding hydrogens is 347 g/mol. The first-order chi connectivity index (χ1) is 12.0. The van der Waals surface area contributed by atoms with Gasteiger partial charge < -0.3 is 9.47 Å². The van der Waals surface area contributed by atoms with Crippen LogP contribution in [0.2, 0.25) is 0 Å². The van der Waals surface area contributed by atoms with E-state index < -0.39 is 23.3 Å². The molecule has 0 unspecified atom stereocenters. The number of pyridine rings is 1. The van der Waals surface area contributed by atoms with Crippen molar-refractivity contribution in [3.8, 4) is 5.75 Å². The third kappa shape index (κ3) is 4.97. The van der Waals surface area contributed by atoms with Gasteiger partial charge in [-0.05, 0) is 50.1 Å². The summed E-state index contributed by atoms with van der Waals surface area (Å²) in [5.74, 6) is -0.432. The lowest BCUT2D eigenvalue weighted by Crippen LogP contribution is -2.24. The molecule has 2 rings (SSSR count). The van der Waals surface area contributed by atoms with Crippen molar-refractivity contribution in [1.29, 1.82) is 0 Å². The quantitative estimate of drug-likeness (QED) is 0.738. The summed E-state index contributed by atoms with van der Waals surface area (Å²) in [5, 5.41) is 0. The number of rotatable bonds is 4. The molecule has 1 aromatic carbocycles. The zero-order chi connectivity index (χ0) is 19.5. The van der Waals surface area contributed by atoms with Gasteiger partial charge >= 0.3 is 12.1 Å². The lowest BCUT2D eigenvalue weighted by atomic mass is 9.99. The topological polar surface area (TPSA) is 48.4 Å². The molecule has 0 aliphatic carbocycles. The van der Waals surface area contributed by atoms with E-state index in [9.17, 15) is 18.0 Å². The number of carbonyl (C=O) groups is 1. The van der Waals surface area contributed by atoms with E-state index in [0.717, 1.165) is 12.1 Å². The summed E-state index contributed by atoms with van der Waals surface area (Å²) in [7, 11) is 1.31. The van der Waals surface area contributed by atoms with Crippen molar-refractivity contribution < 1.29 is 27.4 Å². The molecular formula is C19H20F3NO3. The Morgan fingerprint density at radius 1 is 1.12 bits per heavy atom. The molecule has 0 aliphatic rings. The highest BCUT2D eigenvalue weighted by molar-refractivity contribution is 5.91. The van der Waals surface area contributed by atoms with Gasteiger partial charge in [0.25, 0.3) is 0 Å². The molecule has 0 aliphatic heterocycles. The average molecular weight is 367 g/mol. The number of nitrogens with zero attached hydrogens (tertiary/aromatic N) is 1. The Morgan fingerprint density at radius 3 is 2.38 bits per heavy atom. The molecule has 0 saturated carbocycles. The van der Waals surface area contributed by atoms with Crippen molar-refractivity contribution in [1.82, 2.24) is 4.98 Å². The minimum absolute atomic E-state index is 0.103. The van der Waals surface area contributed by atoms with Crippen LogP contribution in [-0.4, -0.2) is 23.7 Å². The van der Waals surface area contributed by atoms with Gasteiger partial charge in [-0.1, -0.05) is 6.07 Å². The van der Waals surface area contributed by atoms with Gasteiger partial charge in [0.2, 0.25) is 0 Å². The summed E-state index contributed by atoms with van der Waals surface area (Å²) in [6.45, 7) is 5.25. The second kappa shape index (κ2) is 7.35. The minimum Gasteiger partial charge on any atom is -0.496 e. The zero-order valence-corrected chi connectivity index (χ0v) is 15.0. The van der Waals surface area contributed by atoms with Crippen LogP contribution in [0.1, 0.15) is 47.8 Å². The van der Waals surface area contributed by atoms with Gasteiger partial charge in [-0.25, -0.2) is 4.79 Å². The summed E-state index contributed by atoms with van der Waals surface area (Å²) < 4.78 is 49.1. The van der Waals surface area contributed by atoms with E-state index in [1.807, 2.05) is 0 Å². The summed E-state index contributed by atoms with van der Waals surface area (Å²) >= 11 is 0. The summed E-state index contributed by atoms with van der Waals surface area (Å²) in [5.41, 5.74) is -0.0793. The third-order valence-electron chi connectivity index (χ3n) is 3.53. The Bertz CT molecular complexity index is 795. The largest absolute Gasteiger partial charge is 0.496 e. The van der Waals surface area contributed by atoms with E-state index in [1.54, 1.807) is 26.8 Å². The van der Waals surface area contributed by atoms with E-state index in [2.05, 4.69) is 4.98 Å². The fourth-order valence-corrected chi connectivity index (χ4v) is 2.37. The second-order valence-corrected chi connectivity index (χ2v) is 6.74. The Hall–Kier alpha value is -2.57. The molecule has 26 heavy (non-hydrogen) atoms. The first-order valence-corrected chi connectivity index (χ1v) is 7.91. The molecule has 0 spiro atoms. The smallest absolute Gasteiger partial charge is 0.416 e. The number of aromatic nitrogens is 1. The van der Waals surface area contributed by atoms with Crippen LogP contribution in [-0.2, 0) is 17.3 Å². The Kier molecular flexibility index (Phi) is 5.59. The predicted molar refractivity (Wildman–Crippen MR) is 90.2 cm³/mol. The highest BCUT2D eigenvalue weighted by Gasteiger charge is 2.31. The van der Waals surface area contributed by atoms with Crippen LogP contribution in [0.15, 0.2) is 36.7 Å². The highest BCUT2D eigenvalue weighted by atomic mass is 19.4. The van der Waals surface area contributed by atoms with Gasteiger partial charge in [-0.2, -0.15) is 13.2 Å². The van der Waals surface area contributed by atoms with Crippen molar-refractivity contribution in [2.75, 3.05) is 7.11 Å². The molecule has 0 radical (unpaired) electrons. The number of carbonyl (C=O) groups excluding carboxylic acids is 1. The molecule has 140 valence electrons. The van der Waals surface area contributed by atoms with E-state index in [1.165, 1.54) is 25.6 Å². The van der Waals surface area contributed by atoms with Gasteiger partial charge in [-0.3, -0.25) is 4.98 Å². The summed E-state index contributed by atoms with van der Waals surface area (Å²) in [4.78, 5) is 16.3. The van der Waals surface area contributed by atoms with Crippen molar-refractivity contribution in [3.05, 3.63) is 58.9 Å². The van der Waals surface area contributed by atoms with E-state index in [4.69, 9.17) is 9.47 Å². The molecule has 0 fully saturated rings. The number of halogens is 3. The molecule has 1 heterocycles. The zero-order valence-electron chi connectivity index (χ0n) is 15.0. The van der Waals surface area contributed by atoms with Crippen LogP contribution in [0, 0.1) is 0 Å². The molecule has 1 aromatic heterocycles. The first kappa shape index (κ1) is 19.8. The van der Waals surface area contributed by atoms with Gasteiger partial charge in [0.1, 0.15) is 11.4 Å². The summed E-state index contributed by atoms with van der Waals surface area (Å²) in [6, 6.07) is 4.92. The fraction of sp³-hybridized carbons (Fsp3) is 0.368.